The van der Waals surface area contributed by atoms with E-state index in [2.05, 4.69) is 0 Å². The third kappa shape index (κ3) is 1.56. The summed E-state index contributed by atoms with van der Waals surface area (Å²) in [7, 11) is 1.51. The third-order valence-electron chi connectivity index (χ3n) is 3.34. The highest BCUT2D eigenvalue weighted by Gasteiger charge is 2.49. The zero-order valence-corrected chi connectivity index (χ0v) is 9.62. The van der Waals surface area contributed by atoms with Crippen LogP contribution in [0.3, 0.4) is 0 Å². The number of Topliss-reactive ketones (excluding diaryl/α,β-unsaturated/α-hetero) is 1. The van der Waals surface area contributed by atoms with Crippen LogP contribution in [0.15, 0.2) is 18.2 Å². The SMILES string of the molecule is CCC(=O)C1(c2ccc(OC)c(O)c2)CC1. The van der Waals surface area contributed by atoms with E-state index in [0.29, 0.717) is 12.2 Å². The Morgan fingerprint density at radius 3 is 2.62 bits per heavy atom. The van der Waals surface area contributed by atoms with Gasteiger partial charge in [0.1, 0.15) is 5.78 Å². The number of hydrogen-bond donors (Lipinski definition) is 1. The Morgan fingerprint density at radius 1 is 1.50 bits per heavy atom. The second kappa shape index (κ2) is 3.81. The number of rotatable bonds is 4. The van der Waals surface area contributed by atoms with Crippen LogP contribution >= 0.6 is 0 Å². The molecule has 0 saturated heterocycles. The third-order valence-corrected chi connectivity index (χ3v) is 3.34. The minimum atomic E-state index is -0.321. The minimum Gasteiger partial charge on any atom is -0.504 e. The summed E-state index contributed by atoms with van der Waals surface area (Å²) < 4.78 is 4.98. The highest BCUT2D eigenvalue weighted by atomic mass is 16.5. The summed E-state index contributed by atoms with van der Waals surface area (Å²) in [6.07, 6.45) is 2.34. The van der Waals surface area contributed by atoms with E-state index in [9.17, 15) is 9.90 Å². The molecule has 3 heteroatoms. The van der Waals surface area contributed by atoms with Crippen molar-refractivity contribution in [2.24, 2.45) is 0 Å². The summed E-state index contributed by atoms with van der Waals surface area (Å²) in [5.41, 5.74) is 0.594. The van der Waals surface area contributed by atoms with E-state index >= 15 is 0 Å². The first-order chi connectivity index (χ1) is 7.64. The Hall–Kier alpha value is -1.51. The van der Waals surface area contributed by atoms with Crippen LogP contribution in [0.4, 0.5) is 0 Å². The molecule has 1 aromatic rings. The molecule has 0 heterocycles. The molecular formula is C13H16O3. The van der Waals surface area contributed by atoms with Gasteiger partial charge in [-0.2, -0.15) is 0 Å². The number of ether oxygens (including phenoxy) is 1. The standard InChI is InChI=1S/C13H16O3/c1-3-12(15)13(6-7-13)9-4-5-11(16-2)10(14)8-9/h4-5,8,14H,3,6-7H2,1-2H3. The van der Waals surface area contributed by atoms with Crippen LogP contribution in [0.5, 0.6) is 11.5 Å². The quantitative estimate of drug-likeness (QED) is 0.847. The van der Waals surface area contributed by atoms with Crippen LogP contribution in [-0.2, 0) is 10.2 Å². The van der Waals surface area contributed by atoms with Crippen molar-refractivity contribution in [1.82, 2.24) is 0 Å². The lowest BCUT2D eigenvalue weighted by Gasteiger charge is -2.14. The Kier molecular flexibility index (Phi) is 2.62. The lowest BCUT2D eigenvalue weighted by molar-refractivity contribution is -0.121. The summed E-state index contributed by atoms with van der Waals surface area (Å²) >= 11 is 0. The Balaban J connectivity index is 2.35. The van der Waals surface area contributed by atoms with Crippen LogP contribution in [0.1, 0.15) is 31.7 Å². The van der Waals surface area contributed by atoms with Gasteiger partial charge in [-0.3, -0.25) is 4.79 Å². The van der Waals surface area contributed by atoms with E-state index in [1.54, 1.807) is 12.1 Å². The molecule has 0 atom stereocenters. The van der Waals surface area contributed by atoms with Crippen molar-refractivity contribution in [2.75, 3.05) is 7.11 Å². The van der Waals surface area contributed by atoms with Crippen molar-refractivity contribution in [3.05, 3.63) is 23.8 Å². The number of carbonyl (C=O) groups is 1. The predicted octanol–water partition coefficient (Wildman–Crippen LogP) is 2.41. The summed E-state index contributed by atoms with van der Waals surface area (Å²) in [5.74, 6) is 0.816. The second-order valence-electron chi connectivity index (χ2n) is 4.25. The first-order valence-corrected chi connectivity index (χ1v) is 5.55. The van der Waals surface area contributed by atoms with Gasteiger partial charge in [0.05, 0.1) is 12.5 Å². The average Bonchev–Trinajstić information content (AvgIpc) is 3.09. The summed E-state index contributed by atoms with van der Waals surface area (Å²) in [6.45, 7) is 1.88. The van der Waals surface area contributed by atoms with Crippen LogP contribution in [0.2, 0.25) is 0 Å². The molecule has 0 radical (unpaired) electrons. The molecule has 0 bridgehead atoms. The molecule has 1 aromatic carbocycles. The Labute approximate surface area is 95.0 Å². The molecule has 1 fully saturated rings. The average molecular weight is 220 g/mol. The van der Waals surface area contributed by atoms with Crippen molar-refractivity contribution < 1.29 is 14.6 Å². The second-order valence-corrected chi connectivity index (χ2v) is 4.25. The molecule has 16 heavy (non-hydrogen) atoms. The maximum absolute atomic E-state index is 11.8. The first kappa shape index (κ1) is 11.0. The molecule has 2 rings (SSSR count). The zero-order chi connectivity index (χ0) is 11.8. The van der Waals surface area contributed by atoms with Crippen LogP contribution in [0, 0.1) is 0 Å². The summed E-state index contributed by atoms with van der Waals surface area (Å²) in [6, 6.07) is 5.24. The molecule has 1 aliphatic rings. The molecule has 0 spiro atoms. The zero-order valence-electron chi connectivity index (χ0n) is 9.62. The van der Waals surface area contributed by atoms with Gasteiger partial charge in [-0.25, -0.2) is 0 Å². The number of phenolic OH excluding ortho intramolecular Hbond substituents is 1. The molecule has 0 aromatic heterocycles. The molecule has 0 aliphatic heterocycles. The van der Waals surface area contributed by atoms with Crippen molar-refractivity contribution in [3.63, 3.8) is 0 Å². The lowest BCUT2D eigenvalue weighted by Crippen LogP contribution is -2.19. The number of methoxy groups -OCH3 is 1. The van der Waals surface area contributed by atoms with E-state index in [-0.39, 0.29) is 16.9 Å². The van der Waals surface area contributed by atoms with Gasteiger partial charge < -0.3 is 9.84 Å². The van der Waals surface area contributed by atoms with Crippen molar-refractivity contribution in [3.8, 4) is 11.5 Å². The van der Waals surface area contributed by atoms with Crippen LogP contribution < -0.4 is 4.74 Å². The Morgan fingerprint density at radius 2 is 2.19 bits per heavy atom. The number of carbonyl (C=O) groups excluding carboxylic acids is 1. The lowest BCUT2D eigenvalue weighted by atomic mass is 9.90. The maximum Gasteiger partial charge on any atom is 0.160 e. The molecular weight excluding hydrogens is 204 g/mol. The topological polar surface area (TPSA) is 46.5 Å². The number of phenols is 1. The highest BCUT2D eigenvalue weighted by Crippen LogP contribution is 2.50. The van der Waals surface area contributed by atoms with Gasteiger partial charge >= 0.3 is 0 Å². The molecule has 1 N–H and O–H groups in total. The number of aromatic hydroxyl groups is 1. The van der Waals surface area contributed by atoms with Gasteiger partial charge in [-0.05, 0) is 30.5 Å². The van der Waals surface area contributed by atoms with Gasteiger partial charge in [-0.15, -0.1) is 0 Å². The molecule has 86 valence electrons. The van der Waals surface area contributed by atoms with Gasteiger partial charge in [-0.1, -0.05) is 13.0 Å². The number of benzene rings is 1. The van der Waals surface area contributed by atoms with E-state index in [4.69, 9.17) is 4.74 Å². The van der Waals surface area contributed by atoms with Gasteiger partial charge in [0, 0.05) is 6.42 Å². The highest BCUT2D eigenvalue weighted by molar-refractivity contribution is 5.93. The summed E-state index contributed by atoms with van der Waals surface area (Å²) in [4.78, 5) is 11.8. The van der Waals surface area contributed by atoms with E-state index < -0.39 is 0 Å². The monoisotopic (exact) mass is 220 g/mol. The van der Waals surface area contributed by atoms with Gasteiger partial charge in [0.25, 0.3) is 0 Å². The number of ketones is 1. The van der Waals surface area contributed by atoms with Crippen molar-refractivity contribution in [1.29, 1.82) is 0 Å². The van der Waals surface area contributed by atoms with E-state index in [1.165, 1.54) is 7.11 Å². The predicted molar refractivity (Wildman–Crippen MR) is 60.9 cm³/mol. The first-order valence-electron chi connectivity index (χ1n) is 5.55. The fourth-order valence-corrected chi connectivity index (χ4v) is 2.18. The largest absolute Gasteiger partial charge is 0.504 e. The van der Waals surface area contributed by atoms with Crippen molar-refractivity contribution >= 4 is 5.78 Å². The molecule has 0 unspecified atom stereocenters. The van der Waals surface area contributed by atoms with Crippen molar-refractivity contribution in [2.45, 2.75) is 31.6 Å². The Bertz CT molecular complexity index is 419. The smallest absolute Gasteiger partial charge is 0.160 e. The molecule has 0 amide bonds. The van der Waals surface area contributed by atoms with Gasteiger partial charge in [0.2, 0.25) is 0 Å². The molecule has 1 saturated carbocycles. The molecule has 3 nitrogen and oxygen atoms in total. The summed E-state index contributed by atoms with van der Waals surface area (Å²) in [5, 5.41) is 9.70. The van der Waals surface area contributed by atoms with Crippen LogP contribution in [0.25, 0.3) is 0 Å². The minimum absolute atomic E-state index is 0.107. The maximum atomic E-state index is 11.8. The van der Waals surface area contributed by atoms with Gasteiger partial charge in [0.15, 0.2) is 11.5 Å². The fourth-order valence-electron chi connectivity index (χ4n) is 2.18. The van der Waals surface area contributed by atoms with E-state index in [0.717, 1.165) is 18.4 Å². The fraction of sp³-hybridized carbons (Fsp3) is 0.462. The van der Waals surface area contributed by atoms with E-state index in [1.807, 2.05) is 13.0 Å². The normalized spacial score (nSPS) is 16.9. The van der Waals surface area contributed by atoms with Crippen LogP contribution in [-0.4, -0.2) is 18.0 Å². The molecule has 1 aliphatic carbocycles. The number of hydrogen-bond acceptors (Lipinski definition) is 3.